The van der Waals surface area contributed by atoms with Crippen molar-refractivity contribution in [1.29, 1.82) is 0 Å². The van der Waals surface area contributed by atoms with Gasteiger partial charge >= 0.3 is 12.2 Å². The molecule has 0 unspecified atom stereocenters. The summed E-state index contributed by atoms with van der Waals surface area (Å²) in [5.74, 6) is 0. The molecule has 8 nitrogen and oxygen atoms in total. The highest BCUT2D eigenvalue weighted by molar-refractivity contribution is 5.64. The zero-order valence-corrected chi connectivity index (χ0v) is 12.3. The molecule has 0 rings (SSSR count). The van der Waals surface area contributed by atoms with E-state index in [0.717, 1.165) is 25.7 Å². The molecule has 6 N–H and O–H groups in total. The molecule has 2 amide bonds. The monoisotopic (exact) mass is 296 g/mol. The Hall–Kier alpha value is -1.54. The number of carbonyl (C=O) groups is 2. The first-order valence-corrected chi connectivity index (χ1v) is 6.52. The molecule has 0 aliphatic rings. The minimum atomic E-state index is -0.711. The summed E-state index contributed by atoms with van der Waals surface area (Å²) >= 11 is 0. The van der Waals surface area contributed by atoms with E-state index in [1.807, 2.05) is 0 Å². The fraction of sp³-hybridized carbons (Fsp3) is 0.833. The molecule has 20 heavy (non-hydrogen) atoms. The molecular formula is C12H28N2O6. The third kappa shape index (κ3) is 44.0. The van der Waals surface area contributed by atoms with Crippen LogP contribution in [0.4, 0.5) is 9.59 Å². The number of hydrogen-bond acceptors (Lipinski definition) is 6. The number of aliphatic hydroxyl groups is 2. The van der Waals surface area contributed by atoms with E-state index in [9.17, 15) is 9.59 Å². The molecule has 0 saturated heterocycles. The minimum absolute atomic E-state index is 0.283. The molecule has 0 aliphatic heterocycles. The second-order valence-electron chi connectivity index (χ2n) is 3.37. The lowest BCUT2D eigenvalue weighted by atomic mass is 10.2. The van der Waals surface area contributed by atoms with Crippen LogP contribution in [0.25, 0.3) is 0 Å². The highest BCUT2D eigenvalue weighted by atomic mass is 16.5. The lowest BCUT2D eigenvalue weighted by Crippen LogP contribution is -2.11. The predicted octanol–water partition coefficient (Wildman–Crippen LogP) is 0.735. The number of aliphatic hydroxyl groups excluding tert-OH is 2. The summed E-state index contributed by atoms with van der Waals surface area (Å²) in [5, 5.41) is 16.6. The first-order valence-electron chi connectivity index (χ1n) is 6.52. The van der Waals surface area contributed by atoms with E-state index in [1.54, 1.807) is 13.8 Å². The van der Waals surface area contributed by atoms with E-state index in [0.29, 0.717) is 13.2 Å². The van der Waals surface area contributed by atoms with Gasteiger partial charge in [0, 0.05) is 13.2 Å². The van der Waals surface area contributed by atoms with Crippen LogP contribution in [0.5, 0.6) is 0 Å². The Labute approximate surface area is 120 Å². The van der Waals surface area contributed by atoms with Crippen molar-refractivity contribution in [3.05, 3.63) is 0 Å². The quantitative estimate of drug-likeness (QED) is 0.510. The van der Waals surface area contributed by atoms with E-state index in [2.05, 4.69) is 20.9 Å². The topological polar surface area (TPSA) is 145 Å². The van der Waals surface area contributed by atoms with Gasteiger partial charge in [0.1, 0.15) is 0 Å². The van der Waals surface area contributed by atoms with Crippen LogP contribution in [-0.4, -0.2) is 48.8 Å². The van der Waals surface area contributed by atoms with Crippen molar-refractivity contribution >= 4 is 12.2 Å². The lowest BCUT2D eigenvalue weighted by molar-refractivity contribution is 0.162. The van der Waals surface area contributed by atoms with Crippen molar-refractivity contribution in [2.75, 3.05) is 26.4 Å². The zero-order chi connectivity index (χ0) is 16.2. The fourth-order valence-electron chi connectivity index (χ4n) is 0.862. The molecule has 0 atom stereocenters. The van der Waals surface area contributed by atoms with Gasteiger partial charge in [-0.05, 0) is 26.7 Å². The molecule has 0 heterocycles. The molecule has 0 bridgehead atoms. The summed E-state index contributed by atoms with van der Waals surface area (Å²) < 4.78 is 8.36. The van der Waals surface area contributed by atoms with Gasteiger partial charge in [-0.15, -0.1) is 0 Å². The minimum Gasteiger partial charge on any atom is -0.450 e. The number of unbranched alkanes of at least 4 members (excludes halogenated alkanes) is 3. The smallest absolute Gasteiger partial charge is 0.404 e. The van der Waals surface area contributed by atoms with Crippen molar-refractivity contribution < 1.29 is 29.3 Å². The molecule has 0 aromatic carbocycles. The van der Waals surface area contributed by atoms with Gasteiger partial charge in [-0.25, -0.2) is 9.59 Å². The van der Waals surface area contributed by atoms with Crippen LogP contribution in [-0.2, 0) is 9.47 Å². The van der Waals surface area contributed by atoms with Crippen molar-refractivity contribution in [2.24, 2.45) is 11.5 Å². The van der Waals surface area contributed by atoms with Gasteiger partial charge in [0.25, 0.3) is 0 Å². The van der Waals surface area contributed by atoms with Crippen LogP contribution in [0, 0.1) is 0 Å². The van der Waals surface area contributed by atoms with E-state index >= 15 is 0 Å². The first kappa shape index (κ1) is 23.5. The van der Waals surface area contributed by atoms with Gasteiger partial charge in [-0.2, -0.15) is 0 Å². The van der Waals surface area contributed by atoms with Crippen molar-refractivity contribution in [2.45, 2.75) is 39.5 Å². The standard InChI is InChI=1S/C6H14O2.2C3H7NO2/c7-5-3-1-2-4-6-8;2*1-2-6-3(4)5/h7-8H,1-6H2;2*2H2,1H3,(H2,4,5). The van der Waals surface area contributed by atoms with Crippen LogP contribution in [0.15, 0.2) is 0 Å². The van der Waals surface area contributed by atoms with Crippen LogP contribution in [0.2, 0.25) is 0 Å². The van der Waals surface area contributed by atoms with Crippen LogP contribution < -0.4 is 11.5 Å². The fourth-order valence-corrected chi connectivity index (χ4v) is 0.862. The lowest BCUT2D eigenvalue weighted by Gasteiger charge is -1.93. The Bertz CT molecular complexity index is 192. The van der Waals surface area contributed by atoms with Gasteiger partial charge in [0.15, 0.2) is 0 Å². The first-order chi connectivity index (χ1) is 9.45. The van der Waals surface area contributed by atoms with E-state index < -0.39 is 12.2 Å². The summed E-state index contributed by atoms with van der Waals surface area (Å²) in [6.45, 7) is 4.68. The summed E-state index contributed by atoms with van der Waals surface area (Å²) in [6, 6.07) is 0. The highest BCUT2D eigenvalue weighted by Gasteiger charge is 1.85. The Morgan fingerprint density at radius 1 is 0.800 bits per heavy atom. The summed E-state index contributed by atoms with van der Waals surface area (Å²) in [4.78, 5) is 19.2. The summed E-state index contributed by atoms with van der Waals surface area (Å²) in [7, 11) is 0. The SMILES string of the molecule is CCOC(N)=O.CCOC(N)=O.OCCCCCCO. The Kier molecular flexibility index (Phi) is 26.6. The van der Waals surface area contributed by atoms with Gasteiger partial charge < -0.3 is 31.2 Å². The van der Waals surface area contributed by atoms with Crippen LogP contribution in [0.3, 0.4) is 0 Å². The molecule has 0 aliphatic carbocycles. The number of rotatable bonds is 7. The van der Waals surface area contributed by atoms with Crippen molar-refractivity contribution in [1.82, 2.24) is 0 Å². The number of amides is 2. The number of carbonyl (C=O) groups excluding carboxylic acids is 2. The maximum Gasteiger partial charge on any atom is 0.404 e. The van der Waals surface area contributed by atoms with E-state index in [-0.39, 0.29) is 13.2 Å². The van der Waals surface area contributed by atoms with E-state index in [1.165, 1.54) is 0 Å². The molecule has 0 radical (unpaired) electrons. The predicted molar refractivity (Wildman–Crippen MR) is 75.1 cm³/mol. The summed E-state index contributed by atoms with van der Waals surface area (Å²) in [5.41, 5.74) is 9.08. The van der Waals surface area contributed by atoms with Gasteiger partial charge in [0.2, 0.25) is 0 Å². The van der Waals surface area contributed by atoms with E-state index in [4.69, 9.17) is 10.2 Å². The second kappa shape index (κ2) is 22.6. The summed E-state index contributed by atoms with van der Waals surface area (Å²) in [6.07, 6.45) is 2.41. The Balaban J connectivity index is -0.000000221. The second-order valence-corrected chi connectivity index (χ2v) is 3.37. The Morgan fingerprint density at radius 2 is 1.10 bits per heavy atom. The number of nitrogens with two attached hydrogens (primary N) is 2. The average molecular weight is 296 g/mol. The van der Waals surface area contributed by atoms with Gasteiger partial charge in [-0.3, -0.25) is 0 Å². The zero-order valence-electron chi connectivity index (χ0n) is 12.3. The third-order valence-corrected chi connectivity index (χ3v) is 1.64. The Morgan fingerprint density at radius 3 is 1.20 bits per heavy atom. The van der Waals surface area contributed by atoms with Crippen LogP contribution >= 0.6 is 0 Å². The number of ether oxygens (including phenoxy) is 2. The maximum absolute atomic E-state index is 9.60. The van der Waals surface area contributed by atoms with Gasteiger partial charge in [0.05, 0.1) is 13.2 Å². The van der Waals surface area contributed by atoms with Crippen molar-refractivity contribution in [3.63, 3.8) is 0 Å². The average Bonchev–Trinajstić information content (AvgIpc) is 2.36. The maximum atomic E-state index is 9.60. The molecule has 8 heteroatoms. The van der Waals surface area contributed by atoms with Crippen molar-refractivity contribution in [3.8, 4) is 0 Å². The highest BCUT2D eigenvalue weighted by Crippen LogP contribution is 1.96. The molecule has 0 aromatic rings. The molecular weight excluding hydrogens is 268 g/mol. The molecule has 0 spiro atoms. The third-order valence-electron chi connectivity index (χ3n) is 1.64. The van der Waals surface area contributed by atoms with Crippen LogP contribution in [0.1, 0.15) is 39.5 Å². The largest absolute Gasteiger partial charge is 0.450 e. The van der Waals surface area contributed by atoms with Gasteiger partial charge in [-0.1, -0.05) is 12.8 Å². The molecule has 0 saturated carbocycles. The number of hydrogen-bond donors (Lipinski definition) is 4. The number of primary amides is 2. The molecule has 122 valence electrons. The normalized spacial score (nSPS) is 8.40. The molecule has 0 fully saturated rings. The molecule has 0 aromatic heterocycles.